The minimum absolute atomic E-state index is 0.303. The lowest BCUT2D eigenvalue weighted by Crippen LogP contribution is -2.33. The molecule has 2 heterocycles. The van der Waals surface area contributed by atoms with Crippen LogP contribution in [0.5, 0.6) is 0 Å². The van der Waals surface area contributed by atoms with Gasteiger partial charge in [-0.2, -0.15) is 0 Å². The maximum atomic E-state index is 6.17. The summed E-state index contributed by atoms with van der Waals surface area (Å²) in [7, 11) is 0. The third-order valence-corrected chi connectivity index (χ3v) is 4.01. The maximum absolute atomic E-state index is 6.17. The van der Waals surface area contributed by atoms with Crippen LogP contribution in [0.4, 0.5) is 0 Å². The van der Waals surface area contributed by atoms with Gasteiger partial charge >= 0.3 is 0 Å². The van der Waals surface area contributed by atoms with Gasteiger partial charge in [-0.3, -0.25) is 0 Å². The van der Waals surface area contributed by atoms with E-state index in [0.717, 1.165) is 5.56 Å². The molecule has 2 aliphatic heterocycles. The summed E-state index contributed by atoms with van der Waals surface area (Å²) in [6.07, 6.45) is 0. The molecule has 2 heteroatoms. The first kappa shape index (κ1) is 9.63. The van der Waals surface area contributed by atoms with Gasteiger partial charge in [-0.1, -0.05) is 36.4 Å². The lowest BCUT2D eigenvalue weighted by atomic mass is 9.85. The van der Waals surface area contributed by atoms with Gasteiger partial charge in [0, 0.05) is 5.56 Å². The van der Waals surface area contributed by atoms with Crippen LogP contribution in [0.15, 0.2) is 36.4 Å². The molecule has 0 aromatic heterocycles. The van der Waals surface area contributed by atoms with Gasteiger partial charge in [-0.15, -0.1) is 0 Å². The highest BCUT2D eigenvalue weighted by atomic mass is 16.8. The average Bonchev–Trinajstić information content (AvgIpc) is 2.62. The molecule has 0 amide bonds. The molecule has 0 radical (unpaired) electrons. The number of ether oxygens (including phenoxy) is 2. The van der Waals surface area contributed by atoms with Crippen LogP contribution in [0.1, 0.15) is 25.0 Å². The summed E-state index contributed by atoms with van der Waals surface area (Å²) >= 11 is 0. The van der Waals surface area contributed by atoms with Crippen molar-refractivity contribution in [3.63, 3.8) is 0 Å². The Hall–Kier alpha value is -1.38. The van der Waals surface area contributed by atoms with Crippen molar-refractivity contribution in [2.45, 2.75) is 25.2 Å². The Balaban J connectivity index is 2.23. The molecule has 2 aromatic rings. The monoisotopic (exact) mass is 226 g/mol. The minimum atomic E-state index is -0.581. The minimum Gasteiger partial charge on any atom is -0.343 e. The van der Waals surface area contributed by atoms with E-state index in [9.17, 15) is 0 Å². The van der Waals surface area contributed by atoms with E-state index in [-0.39, 0.29) is 5.60 Å². The van der Waals surface area contributed by atoms with Crippen LogP contribution in [0, 0.1) is 0 Å². The number of benzene rings is 2. The molecular weight excluding hydrogens is 212 g/mol. The molecule has 0 saturated carbocycles. The predicted octanol–water partition coefficient (Wildman–Crippen LogP) is 3.29. The van der Waals surface area contributed by atoms with Gasteiger partial charge in [-0.25, -0.2) is 0 Å². The summed E-state index contributed by atoms with van der Waals surface area (Å²) in [5, 5.41) is 2.58. The summed E-state index contributed by atoms with van der Waals surface area (Å²) in [5.74, 6) is -0.581. The Kier molecular flexibility index (Phi) is 1.54. The fraction of sp³-hybridized carbons (Fsp3) is 0.333. The SMILES string of the molecule is C[C@@]12OC[C@@](C)(O1)c1cccc3cccc2c13. The fourth-order valence-electron chi connectivity index (χ4n) is 3.19. The molecular formula is C15H14O2. The van der Waals surface area contributed by atoms with Crippen molar-refractivity contribution in [1.29, 1.82) is 0 Å². The summed E-state index contributed by atoms with van der Waals surface area (Å²) in [5.41, 5.74) is 2.10. The van der Waals surface area contributed by atoms with Crippen LogP contribution in [-0.2, 0) is 20.9 Å². The zero-order valence-electron chi connectivity index (χ0n) is 9.99. The van der Waals surface area contributed by atoms with Gasteiger partial charge in [0.15, 0.2) is 5.79 Å². The highest BCUT2D eigenvalue weighted by Crippen LogP contribution is 2.52. The average molecular weight is 226 g/mol. The van der Waals surface area contributed by atoms with E-state index < -0.39 is 5.79 Å². The van der Waals surface area contributed by atoms with Crippen LogP contribution < -0.4 is 0 Å². The fourth-order valence-corrected chi connectivity index (χ4v) is 3.19. The van der Waals surface area contributed by atoms with E-state index in [0.29, 0.717) is 6.61 Å². The van der Waals surface area contributed by atoms with Crippen LogP contribution in [-0.4, -0.2) is 6.61 Å². The topological polar surface area (TPSA) is 18.5 Å². The molecule has 1 fully saturated rings. The second kappa shape index (κ2) is 2.71. The molecule has 86 valence electrons. The highest BCUT2D eigenvalue weighted by molar-refractivity contribution is 5.91. The van der Waals surface area contributed by atoms with Crippen molar-refractivity contribution in [2.24, 2.45) is 0 Å². The summed E-state index contributed by atoms with van der Waals surface area (Å²) in [6.45, 7) is 4.75. The highest BCUT2D eigenvalue weighted by Gasteiger charge is 2.52. The summed E-state index contributed by atoms with van der Waals surface area (Å²) in [4.78, 5) is 0. The first-order valence-corrected chi connectivity index (χ1v) is 5.99. The molecule has 0 N–H and O–H groups in total. The molecule has 2 aromatic carbocycles. The molecule has 0 aliphatic carbocycles. The van der Waals surface area contributed by atoms with Crippen LogP contribution in [0.25, 0.3) is 10.8 Å². The summed E-state index contributed by atoms with van der Waals surface area (Å²) < 4.78 is 12.1. The van der Waals surface area contributed by atoms with Crippen molar-refractivity contribution in [3.05, 3.63) is 47.5 Å². The number of hydrogen-bond donors (Lipinski definition) is 0. The van der Waals surface area contributed by atoms with Gasteiger partial charge in [0.2, 0.25) is 0 Å². The maximum Gasteiger partial charge on any atom is 0.193 e. The van der Waals surface area contributed by atoms with Gasteiger partial charge in [0.25, 0.3) is 0 Å². The van der Waals surface area contributed by atoms with Gasteiger partial charge in [-0.05, 0) is 30.2 Å². The molecule has 4 rings (SSSR count). The zero-order chi connectivity index (χ0) is 11.7. The predicted molar refractivity (Wildman–Crippen MR) is 65.7 cm³/mol. The Bertz CT molecular complexity index is 583. The van der Waals surface area contributed by atoms with Gasteiger partial charge in [0.05, 0.1) is 6.61 Å². The molecule has 2 atom stereocenters. The van der Waals surface area contributed by atoms with Crippen molar-refractivity contribution >= 4 is 10.8 Å². The Labute approximate surface area is 100 Å². The third kappa shape index (κ3) is 1.03. The Morgan fingerprint density at radius 1 is 1.00 bits per heavy atom. The first-order chi connectivity index (χ1) is 8.12. The largest absolute Gasteiger partial charge is 0.343 e. The van der Waals surface area contributed by atoms with E-state index >= 15 is 0 Å². The Morgan fingerprint density at radius 3 is 2.47 bits per heavy atom. The smallest absolute Gasteiger partial charge is 0.193 e. The quantitative estimate of drug-likeness (QED) is 0.686. The van der Waals surface area contributed by atoms with Crippen molar-refractivity contribution in [1.82, 2.24) is 0 Å². The van der Waals surface area contributed by atoms with Crippen molar-refractivity contribution in [3.8, 4) is 0 Å². The van der Waals surface area contributed by atoms with Crippen molar-refractivity contribution in [2.75, 3.05) is 6.61 Å². The second-order valence-electron chi connectivity index (χ2n) is 5.28. The normalized spacial score (nSPS) is 34.2. The lowest BCUT2D eigenvalue weighted by Gasteiger charge is -2.35. The van der Waals surface area contributed by atoms with Crippen LogP contribution in [0.3, 0.4) is 0 Å². The van der Waals surface area contributed by atoms with Crippen LogP contribution >= 0.6 is 0 Å². The molecule has 0 unspecified atom stereocenters. The van der Waals surface area contributed by atoms with E-state index in [4.69, 9.17) is 9.47 Å². The molecule has 2 nitrogen and oxygen atoms in total. The Morgan fingerprint density at radius 2 is 1.71 bits per heavy atom. The lowest BCUT2D eigenvalue weighted by molar-refractivity contribution is -0.184. The number of fused-ring (bicyclic) bond motifs is 4. The number of hydrogen-bond acceptors (Lipinski definition) is 2. The van der Waals surface area contributed by atoms with Gasteiger partial charge < -0.3 is 9.47 Å². The molecule has 2 aliphatic rings. The first-order valence-electron chi connectivity index (χ1n) is 5.99. The summed E-state index contributed by atoms with van der Waals surface area (Å²) in [6, 6.07) is 12.7. The van der Waals surface area contributed by atoms with E-state index in [2.05, 4.69) is 43.3 Å². The van der Waals surface area contributed by atoms with Gasteiger partial charge in [0.1, 0.15) is 5.60 Å². The molecule has 17 heavy (non-hydrogen) atoms. The van der Waals surface area contributed by atoms with E-state index in [1.807, 2.05) is 6.92 Å². The van der Waals surface area contributed by atoms with Crippen LogP contribution in [0.2, 0.25) is 0 Å². The van der Waals surface area contributed by atoms with Crippen molar-refractivity contribution < 1.29 is 9.47 Å². The van der Waals surface area contributed by atoms with E-state index in [1.165, 1.54) is 16.3 Å². The second-order valence-corrected chi connectivity index (χ2v) is 5.28. The number of rotatable bonds is 0. The molecule has 1 saturated heterocycles. The third-order valence-electron chi connectivity index (χ3n) is 4.01. The zero-order valence-corrected chi connectivity index (χ0v) is 9.99. The molecule has 2 bridgehead atoms. The van der Waals surface area contributed by atoms with E-state index in [1.54, 1.807) is 0 Å². The standard InChI is InChI=1S/C15H14O2/c1-14-9-16-15(2,17-14)12-8-4-6-10-5-3-7-11(14)13(10)12/h3-8H,9H2,1-2H3/t14-,15-/m1/s1. The molecule has 0 spiro atoms.